The minimum atomic E-state index is -0.0159. The van der Waals surface area contributed by atoms with Crippen molar-refractivity contribution in [1.29, 1.82) is 0 Å². The van der Waals surface area contributed by atoms with Crippen molar-refractivity contribution in [2.24, 2.45) is 0 Å². The molecule has 1 saturated heterocycles. The predicted octanol–water partition coefficient (Wildman–Crippen LogP) is 4.06. The van der Waals surface area contributed by atoms with Gasteiger partial charge in [-0.2, -0.15) is 4.98 Å². The van der Waals surface area contributed by atoms with Crippen molar-refractivity contribution in [3.05, 3.63) is 83.8 Å². The average molecular weight is 457 g/mol. The van der Waals surface area contributed by atoms with E-state index in [2.05, 4.69) is 31.5 Å². The number of piperazine rings is 1. The van der Waals surface area contributed by atoms with Gasteiger partial charge in [-0.1, -0.05) is 35.5 Å². The Morgan fingerprint density at radius 3 is 2.50 bits per heavy atom. The highest BCUT2D eigenvalue weighted by molar-refractivity contribution is 5.96. The molecule has 1 aliphatic rings. The number of benzene rings is 1. The number of hydrogen-bond donors (Lipinski definition) is 0. The van der Waals surface area contributed by atoms with E-state index in [-0.39, 0.29) is 11.9 Å². The van der Waals surface area contributed by atoms with Crippen LogP contribution in [0.4, 0.5) is 0 Å². The first-order valence-electron chi connectivity index (χ1n) is 11.5. The molecule has 34 heavy (non-hydrogen) atoms. The Bertz CT molecular complexity index is 1270. The lowest BCUT2D eigenvalue weighted by Gasteiger charge is -2.36. The topological polar surface area (TPSA) is 80.3 Å². The first kappa shape index (κ1) is 22.0. The summed E-state index contributed by atoms with van der Waals surface area (Å²) >= 11 is 0. The lowest BCUT2D eigenvalue weighted by atomic mass is 10.1. The highest BCUT2D eigenvalue weighted by Gasteiger charge is 2.29. The molecule has 5 rings (SSSR count). The Morgan fingerprint density at radius 1 is 1.03 bits per heavy atom. The quantitative estimate of drug-likeness (QED) is 0.451. The molecule has 4 aromatic rings. The van der Waals surface area contributed by atoms with Crippen LogP contribution in [0.25, 0.3) is 17.1 Å². The molecule has 0 radical (unpaired) electrons. The number of hydrogen-bond acceptors (Lipinski definition) is 6. The summed E-state index contributed by atoms with van der Waals surface area (Å²) in [5.41, 5.74) is 4.60. The van der Waals surface area contributed by atoms with Gasteiger partial charge in [-0.05, 0) is 39.0 Å². The zero-order valence-corrected chi connectivity index (χ0v) is 19.7. The number of carbonyl (C=O) groups is 1. The molecule has 174 valence electrons. The van der Waals surface area contributed by atoms with Crippen LogP contribution in [0.15, 0.2) is 65.4 Å². The van der Waals surface area contributed by atoms with Crippen LogP contribution in [0.3, 0.4) is 0 Å². The van der Waals surface area contributed by atoms with Gasteiger partial charge in [0.05, 0.1) is 23.5 Å². The summed E-state index contributed by atoms with van der Waals surface area (Å²) in [7, 11) is 0. The van der Waals surface area contributed by atoms with Crippen LogP contribution in [0.2, 0.25) is 0 Å². The van der Waals surface area contributed by atoms with Gasteiger partial charge >= 0.3 is 0 Å². The summed E-state index contributed by atoms with van der Waals surface area (Å²) in [5.74, 6) is 1.26. The summed E-state index contributed by atoms with van der Waals surface area (Å²) in [6, 6.07) is 15.7. The lowest BCUT2D eigenvalue weighted by Crippen LogP contribution is -2.49. The third-order valence-corrected chi connectivity index (χ3v) is 6.55. The molecule has 0 N–H and O–H groups in total. The molecule has 0 bridgehead atoms. The van der Waals surface area contributed by atoms with E-state index in [4.69, 9.17) is 4.52 Å². The molecule has 1 amide bonds. The van der Waals surface area contributed by atoms with Crippen molar-refractivity contribution in [2.45, 2.75) is 26.8 Å². The van der Waals surface area contributed by atoms with Gasteiger partial charge in [0.15, 0.2) is 0 Å². The Hall–Kier alpha value is -3.78. The molecule has 3 aromatic heterocycles. The summed E-state index contributed by atoms with van der Waals surface area (Å²) in [4.78, 5) is 26.4. The van der Waals surface area contributed by atoms with Gasteiger partial charge in [-0.25, -0.2) is 0 Å². The number of nitrogens with zero attached hydrogens (tertiary/aromatic N) is 6. The van der Waals surface area contributed by atoms with Gasteiger partial charge in [0.1, 0.15) is 0 Å². The molecule has 8 heteroatoms. The summed E-state index contributed by atoms with van der Waals surface area (Å²) in [6.45, 7) is 8.88. The lowest BCUT2D eigenvalue weighted by molar-refractivity contribution is 0.0551. The smallest absolute Gasteiger partial charge is 0.255 e. The van der Waals surface area contributed by atoms with Crippen LogP contribution in [0, 0.1) is 13.8 Å². The van der Waals surface area contributed by atoms with Gasteiger partial charge < -0.3 is 14.0 Å². The van der Waals surface area contributed by atoms with E-state index >= 15 is 0 Å². The SMILES string of the molecule is Cc1cc(C(=O)N2CCN(C(C)c3nc(-c4ccccc4)no3)CC2)c(C)n1-c1cccnc1. The van der Waals surface area contributed by atoms with Crippen molar-refractivity contribution in [3.8, 4) is 17.1 Å². The molecular weight excluding hydrogens is 428 g/mol. The van der Waals surface area contributed by atoms with Crippen molar-refractivity contribution in [2.75, 3.05) is 26.2 Å². The molecule has 1 aromatic carbocycles. The maximum atomic E-state index is 13.4. The largest absolute Gasteiger partial charge is 0.337 e. The minimum absolute atomic E-state index is 0.0159. The Labute approximate surface area is 198 Å². The second-order valence-corrected chi connectivity index (χ2v) is 8.66. The molecule has 1 aliphatic heterocycles. The summed E-state index contributed by atoms with van der Waals surface area (Å²) in [5, 5.41) is 4.15. The van der Waals surface area contributed by atoms with E-state index < -0.39 is 0 Å². The van der Waals surface area contributed by atoms with Crippen LogP contribution in [0.5, 0.6) is 0 Å². The number of aryl methyl sites for hydroxylation is 1. The number of rotatable bonds is 5. The molecular formula is C26H28N6O2. The second kappa shape index (κ2) is 9.23. The molecule has 0 spiro atoms. The first-order valence-corrected chi connectivity index (χ1v) is 11.5. The second-order valence-electron chi connectivity index (χ2n) is 8.66. The molecule has 8 nitrogen and oxygen atoms in total. The zero-order chi connectivity index (χ0) is 23.7. The molecule has 0 aliphatic carbocycles. The Kier molecular flexibility index (Phi) is 5.98. The van der Waals surface area contributed by atoms with Crippen molar-refractivity contribution in [3.63, 3.8) is 0 Å². The van der Waals surface area contributed by atoms with Crippen molar-refractivity contribution >= 4 is 5.91 Å². The predicted molar refractivity (Wildman–Crippen MR) is 129 cm³/mol. The van der Waals surface area contributed by atoms with E-state index in [1.807, 2.05) is 73.5 Å². The number of carbonyl (C=O) groups excluding carboxylic acids is 1. The standard InChI is InChI=1S/C26H28N6O2/c1-18-16-23(19(2)32(18)22-10-7-11-27-17-22)26(33)31-14-12-30(13-15-31)20(3)25-28-24(29-34-25)21-8-5-4-6-9-21/h4-11,16-17,20H,12-15H2,1-3H3. The fourth-order valence-corrected chi connectivity index (χ4v) is 4.61. The van der Waals surface area contributed by atoms with Crippen molar-refractivity contribution < 1.29 is 9.32 Å². The first-order chi connectivity index (χ1) is 16.5. The maximum Gasteiger partial charge on any atom is 0.255 e. The number of pyridine rings is 1. The van der Waals surface area contributed by atoms with Gasteiger partial charge in [-0.15, -0.1) is 0 Å². The fourth-order valence-electron chi connectivity index (χ4n) is 4.61. The van der Waals surface area contributed by atoms with Gasteiger partial charge in [-0.3, -0.25) is 14.7 Å². The molecule has 4 heterocycles. The van der Waals surface area contributed by atoms with Crippen LogP contribution < -0.4 is 0 Å². The zero-order valence-electron chi connectivity index (χ0n) is 19.7. The van der Waals surface area contributed by atoms with E-state index in [1.165, 1.54) is 0 Å². The Balaban J connectivity index is 1.25. The van der Waals surface area contributed by atoms with Crippen LogP contribution in [0.1, 0.15) is 40.6 Å². The molecule has 1 fully saturated rings. The van der Waals surface area contributed by atoms with Crippen molar-refractivity contribution in [1.82, 2.24) is 29.5 Å². The monoisotopic (exact) mass is 456 g/mol. The van der Waals surface area contributed by atoms with Gasteiger partial charge in [0.2, 0.25) is 11.7 Å². The van der Waals surface area contributed by atoms with E-state index in [0.29, 0.717) is 24.8 Å². The van der Waals surface area contributed by atoms with Crippen LogP contribution in [-0.2, 0) is 0 Å². The highest BCUT2D eigenvalue weighted by Crippen LogP contribution is 2.25. The molecule has 1 unspecified atom stereocenters. The van der Waals surface area contributed by atoms with Crippen LogP contribution >= 0.6 is 0 Å². The molecule has 1 atom stereocenters. The maximum absolute atomic E-state index is 13.4. The average Bonchev–Trinajstić information content (AvgIpc) is 3.49. The normalized spacial score (nSPS) is 15.4. The highest BCUT2D eigenvalue weighted by atomic mass is 16.5. The minimum Gasteiger partial charge on any atom is -0.337 e. The number of amides is 1. The summed E-state index contributed by atoms with van der Waals surface area (Å²) < 4.78 is 7.64. The Morgan fingerprint density at radius 2 is 1.79 bits per heavy atom. The van der Waals surface area contributed by atoms with E-state index in [1.54, 1.807) is 6.20 Å². The van der Waals surface area contributed by atoms with Gasteiger partial charge in [0.25, 0.3) is 5.91 Å². The van der Waals surface area contributed by atoms with Gasteiger partial charge in [0, 0.05) is 49.3 Å². The van der Waals surface area contributed by atoms with Crippen LogP contribution in [-0.4, -0.2) is 61.6 Å². The number of aromatic nitrogens is 4. The van der Waals surface area contributed by atoms with E-state index in [9.17, 15) is 4.79 Å². The fraction of sp³-hybridized carbons (Fsp3) is 0.308. The molecule has 0 saturated carbocycles. The van der Waals surface area contributed by atoms with E-state index in [0.717, 1.165) is 41.3 Å². The third kappa shape index (κ3) is 4.12. The third-order valence-electron chi connectivity index (χ3n) is 6.55. The summed E-state index contributed by atoms with van der Waals surface area (Å²) in [6.07, 6.45) is 3.57.